The minimum atomic E-state index is -0.364. The Labute approximate surface area is 163 Å². The number of benzene rings is 2. The van der Waals surface area contributed by atoms with Crippen molar-refractivity contribution in [2.24, 2.45) is 0 Å². The standard InChI is InChI=1S/C21H23N3O2S/c1-12-9-10-17(11-15(12)4)20-23-24-21(26-20)27-16(5)19(25)22-18-13(2)7-6-8-14(18)3/h6-11,16H,1-5H3,(H,22,25)/t16-/m0/s1. The van der Waals surface area contributed by atoms with Crippen LogP contribution in [0.5, 0.6) is 0 Å². The second-order valence-corrected chi connectivity index (χ2v) is 7.98. The number of carbonyl (C=O) groups is 1. The normalized spacial score (nSPS) is 12.0. The van der Waals surface area contributed by atoms with E-state index in [1.165, 1.54) is 22.9 Å². The SMILES string of the molecule is Cc1ccc(-c2nnc(S[C@@H](C)C(=O)Nc3c(C)cccc3C)o2)cc1C. The second-order valence-electron chi connectivity index (χ2n) is 6.69. The maximum Gasteiger partial charge on any atom is 0.277 e. The first-order chi connectivity index (χ1) is 12.8. The molecule has 1 heterocycles. The Kier molecular flexibility index (Phi) is 5.65. The van der Waals surface area contributed by atoms with E-state index in [-0.39, 0.29) is 11.2 Å². The highest BCUT2D eigenvalue weighted by Gasteiger charge is 2.20. The maximum atomic E-state index is 12.6. The molecule has 0 aliphatic carbocycles. The zero-order valence-corrected chi connectivity index (χ0v) is 17.0. The molecule has 0 saturated carbocycles. The number of carbonyl (C=O) groups excluding carboxylic acids is 1. The highest BCUT2D eigenvalue weighted by Crippen LogP contribution is 2.28. The molecule has 1 N–H and O–H groups in total. The molecular weight excluding hydrogens is 358 g/mol. The molecule has 1 aromatic heterocycles. The third-order valence-corrected chi connectivity index (χ3v) is 5.47. The van der Waals surface area contributed by atoms with Crippen LogP contribution in [0.3, 0.4) is 0 Å². The van der Waals surface area contributed by atoms with Gasteiger partial charge in [-0.2, -0.15) is 0 Å². The van der Waals surface area contributed by atoms with E-state index in [4.69, 9.17) is 4.42 Å². The first-order valence-corrected chi connectivity index (χ1v) is 9.68. The van der Waals surface area contributed by atoms with Crippen LogP contribution >= 0.6 is 11.8 Å². The van der Waals surface area contributed by atoms with Crippen molar-refractivity contribution in [2.45, 2.75) is 45.1 Å². The van der Waals surface area contributed by atoms with Gasteiger partial charge in [-0.25, -0.2) is 0 Å². The van der Waals surface area contributed by atoms with E-state index in [1.54, 1.807) is 0 Å². The van der Waals surface area contributed by atoms with E-state index in [1.807, 2.05) is 64.1 Å². The fraction of sp³-hybridized carbons (Fsp3) is 0.286. The van der Waals surface area contributed by atoms with Crippen molar-refractivity contribution in [3.05, 3.63) is 58.7 Å². The van der Waals surface area contributed by atoms with Gasteiger partial charge in [-0.3, -0.25) is 4.79 Å². The van der Waals surface area contributed by atoms with Gasteiger partial charge in [-0.05, 0) is 69.0 Å². The molecule has 0 unspecified atom stereocenters. The summed E-state index contributed by atoms with van der Waals surface area (Å²) in [5.41, 5.74) is 6.19. The average Bonchev–Trinajstić information content (AvgIpc) is 3.09. The van der Waals surface area contributed by atoms with E-state index in [9.17, 15) is 4.79 Å². The Morgan fingerprint density at radius 1 is 1.00 bits per heavy atom. The van der Waals surface area contributed by atoms with Crippen LogP contribution in [0.4, 0.5) is 5.69 Å². The van der Waals surface area contributed by atoms with Crippen molar-refractivity contribution in [1.29, 1.82) is 0 Å². The van der Waals surface area contributed by atoms with E-state index in [0.29, 0.717) is 11.1 Å². The summed E-state index contributed by atoms with van der Waals surface area (Å²) in [6.07, 6.45) is 0. The monoisotopic (exact) mass is 381 g/mol. The number of hydrogen-bond donors (Lipinski definition) is 1. The van der Waals surface area contributed by atoms with Gasteiger partial charge in [0.2, 0.25) is 11.8 Å². The first-order valence-electron chi connectivity index (χ1n) is 8.80. The Morgan fingerprint density at radius 2 is 1.70 bits per heavy atom. The van der Waals surface area contributed by atoms with Gasteiger partial charge >= 0.3 is 0 Å². The third-order valence-electron chi connectivity index (χ3n) is 4.54. The number of aryl methyl sites for hydroxylation is 4. The zero-order chi connectivity index (χ0) is 19.6. The van der Waals surface area contributed by atoms with Crippen LogP contribution in [0, 0.1) is 27.7 Å². The summed E-state index contributed by atoms with van der Waals surface area (Å²) in [6.45, 7) is 9.89. The van der Waals surface area contributed by atoms with Gasteiger partial charge in [0.1, 0.15) is 0 Å². The highest BCUT2D eigenvalue weighted by molar-refractivity contribution is 8.00. The summed E-state index contributed by atoms with van der Waals surface area (Å²) in [5.74, 6) is 0.367. The van der Waals surface area contributed by atoms with E-state index in [0.717, 1.165) is 22.4 Å². The summed E-state index contributed by atoms with van der Waals surface area (Å²) in [5, 5.41) is 11.2. The molecule has 0 aliphatic heterocycles. The largest absolute Gasteiger partial charge is 0.411 e. The molecule has 1 atom stereocenters. The van der Waals surface area contributed by atoms with Crippen LogP contribution in [0.1, 0.15) is 29.2 Å². The van der Waals surface area contributed by atoms with Crippen LogP contribution in [-0.4, -0.2) is 21.4 Å². The summed E-state index contributed by atoms with van der Waals surface area (Å²) in [6, 6.07) is 12.0. The molecule has 0 bridgehead atoms. The number of hydrogen-bond acceptors (Lipinski definition) is 5. The highest BCUT2D eigenvalue weighted by atomic mass is 32.2. The van der Waals surface area contributed by atoms with Crippen molar-refractivity contribution < 1.29 is 9.21 Å². The van der Waals surface area contributed by atoms with E-state index in [2.05, 4.69) is 22.4 Å². The molecular formula is C21H23N3O2S. The number of thioether (sulfide) groups is 1. The molecule has 140 valence electrons. The molecule has 0 spiro atoms. The molecule has 5 nitrogen and oxygen atoms in total. The zero-order valence-electron chi connectivity index (χ0n) is 16.2. The Balaban J connectivity index is 1.69. The van der Waals surface area contributed by atoms with Gasteiger partial charge in [0, 0.05) is 11.3 Å². The third kappa shape index (κ3) is 4.39. The number of para-hydroxylation sites is 1. The predicted octanol–water partition coefficient (Wildman–Crippen LogP) is 5.09. The van der Waals surface area contributed by atoms with Crippen molar-refractivity contribution in [3.8, 4) is 11.5 Å². The van der Waals surface area contributed by atoms with Crippen molar-refractivity contribution in [1.82, 2.24) is 10.2 Å². The lowest BCUT2D eigenvalue weighted by atomic mass is 10.1. The summed E-state index contributed by atoms with van der Waals surface area (Å²) in [7, 11) is 0. The van der Waals surface area contributed by atoms with Gasteiger partial charge in [-0.15, -0.1) is 10.2 Å². The molecule has 27 heavy (non-hydrogen) atoms. The fourth-order valence-corrected chi connectivity index (χ4v) is 3.37. The Bertz CT molecular complexity index is 961. The van der Waals surface area contributed by atoms with Gasteiger partial charge in [-0.1, -0.05) is 36.0 Å². The molecule has 3 aromatic rings. The topological polar surface area (TPSA) is 68.0 Å². The quantitative estimate of drug-likeness (QED) is 0.624. The average molecular weight is 382 g/mol. The number of anilines is 1. The van der Waals surface area contributed by atoms with Crippen molar-refractivity contribution in [3.63, 3.8) is 0 Å². The molecule has 0 radical (unpaired) electrons. The van der Waals surface area contributed by atoms with Gasteiger partial charge in [0.05, 0.1) is 5.25 Å². The maximum absolute atomic E-state index is 12.6. The lowest BCUT2D eigenvalue weighted by Crippen LogP contribution is -2.23. The molecule has 0 fully saturated rings. The van der Waals surface area contributed by atoms with Crippen molar-refractivity contribution in [2.75, 3.05) is 5.32 Å². The van der Waals surface area contributed by atoms with Gasteiger partial charge in [0.25, 0.3) is 5.22 Å². The lowest BCUT2D eigenvalue weighted by Gasteiger charge is -2.14. The van der Waals surface area contributed by atoms with Crippen LogP contribution < -0.4 is 5.32 Å². The minimum absolute atomic E-state index is 0.0941. The smallest absolute Gasteiger partial charge is 0.277 e. The molecule has 6 heteroatoms. The predicted molar refractivity (Wildman–Crippen MR) is 109 cm³/mol. The van der Waals surface area contributed by atoms with Crippen LogP contribution in [0.15, 0.2) is 46.0 Å². The second kappa shape index (κ2) is 7.96. The fourth-order valence-electron chi connectivity index (χ4n) is 2.69. The minimum Gasteiger partial charge on any atom is -0.411 e. The van der Waals surface area contributed by atoms with Crippen LogP contribution in [0.25, 0.3) is 11.5 Å². The van der Waals surface area contributed by atoms with Gasteiger partial charge < -0.3 is 9.73 Å². The Hall–Kier alpha value is -2.60. The number of amides is 1. The summed E-state index contributed by atoms with van der Waals surface area (Å²) < 4.78 is 5.74. The molecule has 3 rings (SSSR count). The van der Waals surface area contributed by atoms with Crippen LogP contribution in [0.2, 0.25) is 0 Å². The number of nitrogens with one attached hydrogen (secondary N) is 1. The van der Waals surface area contributed by atoms with Crippen molar-refractivity contribution >= 4 is 23.4 Å². The van der Waals surface area contributed by atoms with E-state index >= 15 is 0 Å². The molecule has 0 aliphatic rings. The molecule has 0 saturated heterocycles. The lowest BCUT2D eigenvalue weighted by molar-refractivity contribution is -0.115. The molecule has 2 aromatic carbocycles. The molecule has 1 amide bonds. The summed E-state index contributed by atoms with van der Waals surface area (Å²) in [4.78, 5) is 12.6. The van der Waals surface area contributed by atoms with E-state index < -0.39 is 0 Å². The Morgan fingerprint density at radius 3 is 2.37 bits per heavy atom. The van der Waals surface area contributed by atoms with Crippen LogP contribution in [-0.2, 0) is 4.79 Å². The van der Waals surface area contributed by atoms with Gasteiger partial charge in [0.15, 0.2) is 0 Å². The summed E-state index contributed by atoms with van der Waals surface area (Å²) >= 11 is 1.25. The number of rotatable bonds is 5. The number of aromatic nitrogens is 2. The number of nitrogens with zero attached hydrogens (tertiary/aromatic N) is 2. The first kappa shape index (κ1) is 19.2.